The van der Waals surface area contributed by atoms with E-state index in [9.17, 15) is 0 Å². The lowest BCUT2D eigenvalue weighted by atomic mass is 10.2. The fraction of sp³-hybridized carbons (Fsp3) is 0.692. The van der Waals surface area contributed by atoms with Crippen molar-refractivity contribution in [3.63, 3.8) is 0 Å². The summed E-state index contributed by atoms with van der Waals surface area (Å²) in [5.41, 5.74) is 1.20. The van der Waals surface area contributed by atoms with E-state index in [4.69, 9.17) is 4.98 Å². The monoisotopic (exact) mass is 297 g/mol. The lowest BCUT2D eigenvalue weighted by Crippen LogP contribution is -2.09. The minimum Gasteiger partial charge on any atom is -0.369 e. The Labute approximate surface area is 112 Å². The van der Waals surface area contributed by atoms with E-state index in [2.05, 4.69) is 47.0 Å². The molecular formula is C13H20BrN3. The molecule has 0 saturated heterocycles. The molecule has 1 aromatic heterocycles. The molecule has 0 amide bonds. The zero-order chi connectivity index (χ0) is 12.4. The van der Waals surface area contributed by atoms with Gasteiger partial charge in [-0.15, -0.1) is 0 Å². The zero-order valence-electron chi connectivity index (χ0n) is 10.8. The first-order valence-corrected chi connectivity index (χ1v) is 7.24. The van der Waals surface area contributed by atoms with Crippen LogP contribution in [0.3, 0.4) is 0 Å². The molecule has 0 radical (unpaired) electrons. The predicted octanol–water partition coefficient (Wildman–Crippen LogP) is 4.06. The van der Waals surface area contributed by atoms with Gasteiger partial charge in [-0.1, -0.05) is 20.8 Å². The molecule has 1 aliphatic carbocycles. The van der Waals surface area contributed by atoms with Crippen molar-refractivity contribution < 1.29 is 0 Å². The highest BCUT2D eigenvalue weighted by Crippen LogP contribution is 2.44. The molecule has 4 heteroatoms. The van der Waals surface area contributed by atoms with Gasteiger partial charge in [0.2, 0.25) is 0 Å². The fourth-order valence-corrected chi connectivity index (χ4v) is 2.37. The Kier molecular flexibility index (Phi) is 4.02. The van der Waals surface area contributed by atoms with Gasteiger partial charge in [0.25, 0.3) is 0 Å². The second-order valence-corrected chi connectivity index (χ2v) is 5.78. The van der Waals surface area contributed by atoms with Crippen LogP contribution in [0.1, 0.15) is 63.4 Å². The van der Waals surface area contributed by atoms with Crippen LogP contribution in [0.5, 0.6) is 0 Å². The van der Waals surface area contributed by atoms with Crippen LogP contribution >= 0.6 is 15.9 Å². The van der Waals surface area contributed by atoms with E-state index >= 15 is 0 Å². The maximum Gasteiger partial charge on any atom is 0.144 e. The quantitative estimate of drug-likeness (QED) is 0.890. The number of aromatic nitrogens is 2. The molecular weight excluding hydrogens is 278 g/mol. The van der Waals surface area contributed by atoms with Crippen LogP contribution in [0.25, 0.3) is 0 Å². The van der Waals surface area contributed by atoms with E-state index < -0.39 is 0 Å². The molecule has 0 aromatic carbocycles. The normalized spacial score (nSPS) is 15.4. The standard InChI is InChI=1S/C13H20BrN3/c1-4-7-15-13-10(14)11(9-5-6-9)16-12(17-13)8(2)3/h8-9H,4-7H2,1-3H3,(H,15,16,17). The number of hydrogen-bond donors (Lipinski definition) is 1. The Morgan fingerprint density at radius 1 is 1.35 bits per heavy atom. The van der Waals surface area contributed by atoms with E-state index in [0.29, 0.717) is 11.8 Å². The Hall–Kier alpha value is -0.640. The third-order valence-electron chi connectivity index (χ3n) is 2.92. The number of hydrogen-bond acceptors (Lipinski definition) is 3. The van der Waals surface area contributed by atoms with E-state index in [1.54, 1.807) is 0 Å². The number of anilines is 1. The van der Waals surface area contributed by atoms with Crippen LogP contribution in [-0.4, -0.2) is 16.5 Å². The maximum absolute atomic E-state index is 4.70. The van der Waals surface area contributed by atoms with Gasteiger partial charge in [-0.25, -0.2) is 9.97 Å². The summed E-state index contributed by atoms with van der Waals surface area (Å²) in [4.78, 5) is 9.32. The maximum atomic E-state index is 4.70. The molecule has 1 fully saturated rings. The van der Waals surface area contributed by atoms with Gasteiger partial charge in [-0.2, -0.15) is 0 Å². The van der Waals surface area contributed by atoms with Gasteiger partial charge >= 0.3 is 0 Å². The van der Waals surface area contributed by atoms with Crippen LogP contribution in [-0.2, 0) is 0 Å². The predicted molar refractivity (Wildman–Crippen MR) is 74.6 cm³/mol. The number of halogens is 1. The van der Waals surface area contributed by atoms with Gasteiger partial charge in [0.05, 0.1) is 10.2 Å². The van der Waals surface area contributed by atoms with Gasteiger partial charge in [0, 0.05) is 18.4 Å². The molecule has 0 bridgehead atoms. The second kappa shape index (κ2) is 5.34. The van der Waals surface area contributed by atoms with Crippen LogP contribution in [0.15, 0.2) is 4.47 Å². The first-order valence-electron chi connectivity index (χ1n) is 6.44. The van der Waals surface area contributed by atoms with Gasteiger partial charge in [0.1, 0.15) is 11.6 Å². The molecule has 1 aliphatic rings. The Morgan fingerprint density at radius 3 is 2.59 bits per heavy atom. The van der Waals surface area contributed by atoms with Crippen molar-refractivity contribution in [2.24, 2.45) is 0 Å². The van der Waals surface area contributed by atoms with Crippen LogP contribution in [0.4, 0.5) is 5.82 Å². The summed E-state index contributed by atoms with van der Waals surface area (Å²) in [6.45, 7) is 7.40. The smallest absolute Gasteiger partial charge is 0.144 e. The van der Waals surface area contributed by atoms with Crippen molar-refractivity contribution in [3.8, 4) is 0 Å². The first kappa shape index (κ1) is 12.8. The molecule has 1 heterocycles. The summed E-state index contributed by atoms with van der Waals surface area (Å²) >= 11 is 3.65. The van der Waals surface area contributed by atoms with Crippen molar-refractivity contribution in [1.29, 1.82) is 0 Å². The lowest BCUT2D eigenvalue weighted by Gasteiger charge is -2.13. The SMILES string of the molecule is CCCNc1nc(C(C)C)nc(C2CC2)c1Br. The van der Waals surface area contributed by atoms with Crippen molar-refractivity contribution in [1.82, 2.24) is 9.97 Å². The largest absolute Gasteiger partial charge is 0.369 e. The van der Waals surface area contributed by atoms with E-state index in [0.717, 1.165) is 29.1 Å². The summed E-state index contributed by atoms with van der Waals surface area (Å²) in [6.07, 6.45) is 3.63. The molecule has 1 saturated carbocycles. The molecule has 0 unspecified atom stereocenters. The molecule has 17 heavy (non-hydrogen) atoms. The van der Waals surface area contributed by atoms with E-state index in [-0.39, 0.29) is 0 Å². The molecule has 0 aliphatic heterocycles. The highest BCUT2D eigenvalue weighted by molar-refractivity contribution is 9.10. The van der Waals surface area contributed by atoms with Crippen LogP contribution < -0.4 is 5.32 Å². The minimum absolute atomic E-state index is 0.378. The third-order valence-corrected chi connectivity index (χ3v) is 3.70. The summed E-state index contributed by atoms with van der Waals surface area (Å²) in [5, 5.41) is 3.38. The zero-order valence-corrected chi connectivity index (χ0v) is 12.3. The van der Waals surface area contributed by atoms with Crippen molar-refractivity contribution >= 4 is 21.7 Å². The second-order valence-electron chi connectivity index (χ2n) is 4.99. The van der Waals surface area contributed by atoms with E-state index in [1.807, 2.05) is 0 Å². The molecule has 2 rings (SSSR count). The molecule has 94 valence electrons. The van der Waals surface area contributed by atoms with Crippen LogP contribution in [0, 0.1) is 0 Å². The molecule has 1 aromatic rings. The van der Waals surface area contributed by atoms with Crippen LogP contribution in [0.2, 0.25) is 0 Å². The van der Waals surface area contributed by atoms with Gasteiger partial charge < -0.3 is 5.32 Å². The Morgan fingerprint density at radius 2 is 2.06 bits per heavy atom. The number of nitrogens with one attached hydrogen (secondary N) is 1. The van der Waals surface area contributed by atoms with Crippen molar-refractivity contribution in [2.45, 2.75) is 51.9 Å². The van der Waals surface area contributed by atoms with Crippen molar-refractivity contribution in [3.05, 3.63) is 16.0 Å². The molecule has 0 atom stereocenters. The fourth-order valence-electron chi connectivity index (χ4n) is 1.73. The first-order chi connectivity index (χ1) is 8.13. The highest BCUT2D eigenvalue weighted by Gasteiger charge is 2.29. The summed E-state index contributed by atoms with van der Waals surface area (Å²) in [6, 6.07) is 0. The highest BCUT2D eigenvalue weighted by atomic mass is 79.9. The molecule has 0 spiro atoms. The Bertz CT molecular complexity index is 400. The minimum atomic E-state index is 0.378. The third kappa shape index (κ3) is 2.97. The molecule has 1 N–H and O–H groups in total. The lowest BCUT2D eigenvalue weighted by molar-refractivity contribution is 0.753. The average molecular weight is 298 g/mol. The Balaban J connectivity index is 2.34. The summed E-state index contributed by atoms with van der Waals surface area (Å²) in [5.74, 6) is 2.94. The topological polar surface area (TPSA) is 37.8 Å². The summed E-state index contributed by atoms with van der Waals surface area (Å²) in [7, 11) is 0. The number of rotatable bonds is 5. The van der Waals surface area contributed by atoms with E-state index in [1.165, 1.54) is 18.5 Å². The van der Waals surface area contributed by atoms with Gasteiger partial charge in [-0.3, -0.25) is 0 Å². The summed E-state index contributed by atoms with van der Waals surface area (Å²) < 4.78 is 1.07. The van der Waals surface area contributed by atoms with Crippen molar-refractivity contribution in [2.75, 3.05) is 11.9 Å². The molecule has 3 nitrogen and oxygen atoms in total. The van der Waals surface area contributed by atoms with Gasteiger partial charge in [0.15, 0.2) is 0 Å². The van der Waals surface area contributed by atoms with Gasteiger partial charge in [-0.05, 0) is 35.2 Å². The number of nitrogens with zero attached hydrogens (tertiary/aromatic N) is 2. The average Bonchev–Trinajstić information content (AvgIpc) is 3.11.